The third-order valence-electron chi connectivity index (χ3n) is 6.49. The van der Waals surface area contributed by atoms with Crippen LogP contribution in [0.1, 0.15) is 18.2 Å². The van der Waals surface area contributed by atoms with Crippen molar-refractivity contribution in [2.45, 2.75) is 26.2 Å². The average molecular weight is 485 g/mol. The third kappa shape index (κ3) is 3.60. The quantitative estimate of drug-likeness (QED) is 0.411. The van der Waals surface area contributed by atoms with E-state index in [9.17, 15) is 9.90 Å². The van der Waals surface area contributed by atoms with Gasteiger partial charge in [0.2, 0.25) is 5.13 Å². The molecule has 0 saturated carbocycles. The van der Waals surface area contributed by atoms with Crippen LogP contribution in [-0.2, 0) is 20.1 Å². The minimum atomic E-state index is -0.884. The SMILES string of the molecule is CC1=c2c(n(Cc3ccccc3)n(-c3nc4ccccc4s3)c2=O)=CC(O)N1Cc1ccnn1C. The number of benzene rings is 2. The lowest BCUT2D eigenvalue weighted by Gasteiger charge is -2.30. The van der Waals surface area contributed by atoms with Gasteiger partial charge in [-0.15, -0.1) is 0 Å². The van der Waals surface area contributed by atoms with Crippen molar-refractivity contribution in [3.8, 4) is 5.13 Å². The number of rotatable bonds is 5. The number of thiazole rings is 1. The molecule has 1 aliphatic heterocycles. The maximum atomic E-state index is 14.0. The van der Waals surface area contributed by atoms with Crippen LogP contribution in [0.15, 0.2) is 71.7 Å². The van der Waals surface area contributed by atoms with Crippen molar-refractivity contribution in [3.05, 3.63) is 99.0 Å². The predicted molar refractivity (Wildman–Crippen MR) is 136 cm³/mol. The molecule has 3 aromatic heterocycles. The highest BCUT2D eigenvalue weighted by molar-refractivity contribution is 7.20. The normalized spacial score (nSPS) is 15.5. The minimum Gasteiger partial charge on any atom is -0.370 e. The molecule has 1 aliphatic rings. The first-order valence-corrected chi connectivity index (χ1v) is 12.2. The van der Waals surface area contributed by atoms with Gasteiger partial charge in [0.05, 0.1) is 39.6 Å². The molecule has 2 aromatic carbocycles. The molecule has 0 aliphatic carbocycles. The molecule has 5 aromatic rings. The number of aliphatic hydroxyl groups excluding tert-OH is 1. The zero-order chi connectivity index (χ0) is 24.1. The monoisotopic (exact) mass is 484 g/mol. The molecule has 0 radical (unpaired) electrons. The van der Waals surface area contributed by atoms with Crippen molar-refractivity contribution in [1.29, 1.82) is 0 Å². The lowest BCUT2D eigenvalue weighted by atomic mass is 10.2. The van der Waals surface area contributed by atoms with Gasteiger partial charge in [0.15, 0.2) is 0 Å². The summed E-state index contributed by atoms with van der Waals surface area (Å²) in [5.74, 6) is 0. The number of para-hydroxylation sites is 1. The van der Waals surface area contributed by atoms with Crippen LogP contribution < -0.4 is 16.1 Å². The van der Waals surface area contributed by atoms with Crippen molar-refractivity contribution in [2.75, 3.05) is 0 Å². The molecule has 1 N–H and O–H groups in total. The number of nitrogens with zero attached hydrogens (tertiary/aromatic N) is 6. The highest BCUT2D eigenvalue weighted by Gasteiger charge is 2.26. The van der Waals surface area contributed by atoms with Gasteiger partial charge in [-0.05, 0) is 36.8 Å². The summed E-state index contributed by atoms with van der Waals surface area (Å²) >= 11 is 1.48. The van der Waals surface area contributed by atoms with E-state index in [0.717, 1.165) is 27.2 Å². The number of aryl methyl sites for hydroxylation is 1. The van der Waals surface area contributed by atoms with E-state index in [-0.39, 0.29) is 5.56 Å². The molecule has 4 heterocycles. The fraction of sp³-hybridized carbons (Fsp3) is 0.192. The summed E-state index contributed by atoms with van der Waals surface area (Å²) in [6.07, 6.45) is 2.60. The standard InChI is InChI=1S/C26H24N6O2S/c1-17-24-21(14-23(33)30(17)16-19-12-13-27-29(19)2)31(15-18-8-4-3-5-9-18)32(25(24)34)26-28-20-10-6-7-11-22(20)35-26/h3-14,23,33H,15-16H2,1-2H3. The molecular weight excluding hydrogens is 460 g/mol. The summed E-state index contributed by atoms with van der Waals surface area (Å²) < 4.78 is 6.37. The van der Waals surface area contributed by atoms with Crippen LogP contribution in [0.4, 0.5) is 0 Å². The van der Waals surface area contributed by atoms with E-state index in [2.05, 4.69) is 5.10 Å². The van der Waals surface area contributed by atoms with Crippen LogP contribution in [0.25, 0.3) is 27.1 Å². The zero-order valence-electron chi connectivity index (χ0n) is 19.4. The number of hydrogen-bond donors (Lipinski definition) is 1. The summed E-state index contributed by atoms with van der Waals surface area (Å²) in [4.78, 5) is 20.6. The molecule has 6 rings (SSSR count). The minimum absolute atomic E-state index is 0.148. The Bertz CT molecular complexity index is 1690. The van der Waals surface area contributed by atoms with Gasteiger partial charge in [0, 0.05) is 18.9 Å². The fourth-order valence-electron chi connectivity index (χ4n) is 4.64. The Morgan fingerprint density at radius 1 is 1.03 bits per heavy atom. The Kier molecular flexibility index (Phi) is 5.16. The predicted octanol–water partition coefficient (Wildman–Crippen LogP) is 1.77. The van der Waals surface area contributed by atoms with Gasteiger partial charge in [-0.3, -0.25) is 14.2 Å². The van der Waals surface area contributed by atoms with E-state index < -0.39 is 6.23 Å². The third-order valence-corrected chi connectivity index (χ3v) is 7.51. The second-order valence-electron chi connectivity index (χ2n) is 8.62. The van der Waals surface area contributed by atoms with Crippen molar-refractivity contribution in [3.63, 3.8) is 0 Å². The molecule has 9 heteroatoms. The number of aromatic nitrogens is 5. The lowest BCUT2D eigenvalue weighted by molar-refractivity contribution is 0.0906. The summed E-state index contributed by atoms with van der Waals surface area (Å²) in [6.45, 7) is 2.80. The summed E-state index contributed by atoms with van der Waals surface area (Å²) in [6, 6.07) is 19.8. The Balaban J connectivity index is 1.59. The number of aliphatic hydroxyl groups is 1. The summed E-state index contributed by atoms with van der Waals surface area (Å²) in [5.41, 5.74) is 3.43. The fourth-order valence-corrected chi connectivity index (χ4v) is 5.61. The number of fused-ring (bicyclic) bond motifs is 2. The maximum absolute atomic E-state index is 14.0. The zero-order valence-corrected chi connectivity index (χ0v) is 20.2. The Morgan fingerprint density at radius 2 is 1.80 bits per heavy atom. The van der Waals surface area contributed by atoms with Crippen LogP contribution in [-0.4, -0.2) is 40.4 Å². The Hall–Kier alpha value is -3.95. The van der Waals surface area contributed by atoms with Crippen LogP contribution in [0, 0.1) is 0 Å². The van der Waals surface area contributed by atoms with E-state index >= 15 is 0 Å². The van der Waals surface area contributed by atoms with Gasteiger partial charge >= 0.3 is 0 Å². The number of hydrogen-bond acceptors (Lipinski definition) is 6. The molecule has 0 fully saturated rings. The van der Waals surface area contributed by atoms with E-state index in [4.69, 9.17) is 4.98 Å². The topological polar surface area (TPSA) is 81.1 Å². The first kappa shape index (κ1) is 21.6. The van der Waals surface area contributed by atoms with E-state index in [1.807, 2.05) is 84.2 Å². The smallest absolute Gasteiger partial charge is 0.283 e. The van der Waals surface area contributed by atoms with E-state index in [0.29, 0.717) is 28.8 Å². The first-order chi connectivity index (χ1) is 17.0. The summed E-state index contributed by atoms with van der Waals surface area (Å²) in [5, 5.41) is 17.2. The Morgan fingerprint density at radius 3 is 2.54 bits per heavy atom. The van der Waals surface area contributed by atoms with Crippen LogP contribution in [0.2, 0.25) is 0 Å². The van der Waals surface area contributed by atoms with Crippen LogP contribution in [0.3, 0.4) is 0 Å². The van der Waals surface area contributed by atoms with Crippen LogP contribution >= 0.6 is 11.3 Å². The van der Waals surface area contributed by atoms with Crippen molar-refractivity contribution >= 4 is 33.3 Å². The molecule has 8 nitrogen and oxygen atoms in total. The molecule has 1 unspecified atom stereocenters. The molecule has 0 amide bonds. The van der Waals surface area contributed by atoms with Gasteiger partial charge in [-0.2, -0.15) is 9.78 Å². The first-order valence-electron chi connectivity index (χ1n) is 11.4. The average Bonchev–Trinajstić information content (AvgIpc) is 3.53. The summed E-state index contributed by atoms with van der Waals surface area (Å²) in [7, 11) is 1.87. The second-order valence-corrected chi connectivity index (χ2v) is 9.63. The molecule has 0 saturated heterocycles. The van der Waals surface area contributed by atoms with Crippen molar-refractivity contribution in [1.82, 2.24) is 29.0 Å². The van der Waals surface area contributed by atoms with Gasteiger partial charge in [0.1, 0.15) is 6.23 Å². The van der Waals surface area contributed by atoms with Gasteiger partial charge in [-0.1, -0.05) is 53.8 Å². The second kappa shape index (κ2) is 8.37. The maximum Gasteiger partial charge on any atom is 0.283 e. The van der Waals surface area contributed by atoms with Crippen molar-refractivity contribution < 1.29 is 5.11 Å². The lowest BCUT2D eigenvalue weighted by Crippen LogP contribution is -2.49. The van der Waals surface area contributed by atoms with E-state index in [1.54, 1.807) is 21.6 Å². The molecule has 35 heavy (non-hydrogen) atoms. The van der Waals surface area contributed by atoms with Gasteiger partial charge in [0.25, 0.3) is 5.56 Å². The van der Waals surface area contributed by atoms with Crippen LogP contribution in [0.5, 0.6) is 0 Å². The Labute approximate surface area is 204 Å². The largest absolute Gasteiger partial charge is 0.370 e. The molecule has 176 valence electrons. The van der Waals surface area contributed by atoms with E-state index in [1.165, 1.54) is 11.3 Å². The highest BCUT2D eigenvalue weighted by atomic mass is 32.1. The molecular formula is C26H24N6O2S. The van der Waals surface area contributed by atoms with Gasteiger partial charge < -0.3 is 10.0 Å². The molecule has 1 atom stereocenters. The highest BCUT2D eigenvalue weighted by Crippen LogP contribution is 2.24. The molecule has 0 bridgehead atoms. The molecule has 0 spiro atoms. The van der Waals surface area contributed by atoms with Gasteiger partial charge in [-0.25, -0.2) is 4.98 Å². The van der Waals surface area contributed by atoms with Crippen molar-refractivity contribution in [2.24, 2.45) is 7.05 Å².